The smallest absolute Gasteiger partial charge is 0.225 e. The van der Waals surface area contributed by atoms with Crippen molar-refractivity contribution in [2.75, 3.05) is 18.0 Å². The van der Waals surface area contributed by atoms with Crippen molar-refractivity contribution in [3.63, 3.8) is 0 Å². The number of benzene rings is 1. The summed E-state index contributed by atoms with van der Waals surface area (Å²) in [6.07, 6.45) is 2.09. The van der Waals surface area contributed by atoms with Crippen molar-refractivity contribution < 1.29 is 4.79 Å². The molecule has 0 aliphatic carbocycles. The molecule has 2 aliphatic heterocycles. The van der Waals surface area contributed by atoms with Crippen molar-refractivity contribution in [3.05, 3.63) is 29.3 Å². The number of nitrogens with two attached hydrogens (primary N) is 1. The largest absolute Gasteiger partial charge is 0.366 e. The van der Waals surface area contributed by atoms with Crippen molar-refractivity contribution in [1.82, 2.24) is 5.32 Å². The van der Waals surface area contributed by atoms with Crippen molar-refractivity contribution >= 4 is 11.6 Å². The van der Waals surface area contributed by atoms with Gasteiger partial charge in [0.05, 0.1) is 12.0 Å². The van der Waals surface area contributed by atoms with E-state index in [0.29, 0.717) is 12.6 Å². The van der Waals surface area contributed by atoms with E-state index in [1.807, 2.05) is 0 Å². The predicted molar refractivity (Wildman–Crippen MR) is 75.9 cm³/mol. The first-order valence-electron chi connectivity index (χ1n) is 7.04. The van der Waals surface area contributed by atoms with Gasteiger partial charge in [-0.05, 0) is 31.4 Å². The minimum atomic E-state index is 0.153. The van der Waals surface area contributed by atoms with Crippen LogP contribution in [0, 0.1) is 12.8 Å². The molecule has 0 radical (unpaired) electrons. The molecule has 3 rings (SSSR count). The number of piperidine rings is 1. The Labute approximate surface area is 114 Å². The van der Waals surface area contributed by atoms with Gasteiger partial charge in [0.2, 0.25) is 5.91 Å². The summed E-state index contributed by atoms with van der Waals surface area (Å²) >= 11 is 0. The van der Waals surface area contributed by atoms with Gasteiger partial charge in [-0.25, -0.2) is 0 Å². The Balaban J connectivity index is 1.95. The number of nitrogens with one attached hydrogen (secondary N) is 1. The zero-order valence-corrected chi connectivity index (χ0v) is 11.4. The van der Waals surface area contributed by atoms with Gasteiger partial charge in [0.25, 0.3) is 0 Å². The average Bonchev–Trinajstić information content (AvgIpc) is 2.81. The van der Waals surface area contributed by atoms with Crippen LogP contribution < -0.4 is 16.0 Å². The molecule has 3 N–H and O–H groups in total. The van der Waals surface area contributed by atoms with Crippen molar-refractivity contribution in [2.24, 2.45) is 11.7 Å². The molecule has 0 bridgehead atoms. The molecular weight excluding hydrogens is 238 g/mol. The van der Waals surface area contributed by atoms with Crippen LogP contribution in [0.25, 0.3) is 0 Å². The molecule has 2 atom stereocenters. The van der Waals surface area contributed by atoms with Crippen molar-refractivity contribution in [3.8, 4) is 0 Å². The molecule has 102 valence electrons. The predicted octanol–water partition coefficient (Wildman–Crippen LogP) is 1.17. The van der Waals surface area contributed by atoms with Crippen LogP contribution in [-0.4, -0.2) is 25.0 Å². The second kappa shape index (κ2) is 4.85. The third-order valence-electron chi connectivity index (χ3n) is 4.37. The summed E-state index contributed by atoms with van der Waals surface area (Å²) in [7, 11) is 0. The topological polar surface area (TPSA) is 58.4 Å². The van der Waals surface area contributed by atoms with Crippen LogP contribution in [0.15, 0.2) is 18.2 Å². The number of hydrogen-bond acceptors (Lipinski definition) is 3. The number of fused-ring (bicyclic) bond motifs is 1. The minimum absolute atomic E-state index is 0.153. The number of carbonyl (C=O) groups is 1. The van der Waals surface area contributed by atoms with E-state index in [1.54, 1.807) is 0 Å². The standard InChI is InChI=1S/C15H21N3O/c1-10-4-5-13(11(7-10)8-16)18-6-2-3-12-14(18)9-17-15(12)19/h4-5,7,12,14H,2-3,6,8-9,16H2,1H3,(H,17,19). The zero-order chi connectivity index (χ0) is 13.4. The van der Waals surface area contributed by atoms with Crippen LogP contribution in [-0.2, 0) is 11.3 Å². The summed E-state index contributed by atoms with van der Waals surface area (Å²) in [6.45, 7) is 4.42. The molecule has 0 saturated carbocycles. The Hall–Kier alpha value is -1.55. The van der Waals surface area contributed by atoms with E-state index in [4.69, 9.17) is 5.73 Å². The Kier molecular flexibility index (Phi) is 3.19. The second-order valence-electron chi connectivity index (χ2n) is 5.59. The third-order valence-corrected chi connectivity index (χ3v) is 4.37. The van der Waals surface area contributed by atoms with Gasteiger partial charge >= 0.3 is 0 Å². The van der Waals surface area contributed by atoms with Gasteiger partial charge in [-0.1, -0.05) is 17.7 Å². The first-order chi connectivity index (χ1) is 9.20. The third kappa shape index (κ3) is 2.10. The number of anilines is 1. The lowest BCUT2D eigenvalue weighted by molar-refractivity contribution is -0.122. The van der Waals surface area contributed by atoms with Gasteiger partial charge in [-0.15, -0.1) is 0 Å². The summed E-state index contributed by atoms with van der Waals surface area (Å²) < 4.78 is 0. The molecule has 2 saturated heterocycles. The van der Waals surface area contributed by atoms with E-state index in [1.165, 1.54) is 16.8 Å². The average molecular weight is 259 g/mol. The Bertz CT molecular complexity index is 500. The summed E-state index contributed by atoms with van der Waals surface area (Å²) in [5.41, 5.74) is 9.50. The number of hydrogen-bond donors (Lipinski definition) is 2. The molecule has 2 heterocycles. The van der Waals surface area contributed by atoms with Gasteiger partial charge < -0.3 is 16.0 Å². The van der Waals surface area contributed by atoms with Crippen molar-refractivity contribution in [2.45, 2.75) is 32.4 Å². The number of rotatable bonds is 2. The van der Waals surface area contributed by atoms with E-state index in [9.17, 15) is 4.79 Å². The molecule has 2 aliphatic rings. The molecule has 0 aromatic heterocycles. The van der Waals surface area contributed by atoms with Crippen LogP contribution in [0.5, 0.6) is 0 Å². The lowest BCUT2D eigenvalue weighted by Crippen LogP contribution is -2.46. The minimum Gasteiger partial charge on any atom is -0.366 e. The fraction of sp³-hybridized carbons (Fsp3) is 0.533. The molecule has 4 heteroatoms. The highest BCUT2D eigenvalue weighted by Crippen LogP contribution is 2.33. The van der Waals surface area contributed by atoms with Gasteiger partial charge in [-0.3, -0.25) is 4.79 Å². The first kappa shape index (κ1) is 12.5. The molecule has 2 unspecified atom stereocenters. The Morgan fingerprint density at radius 1 is 1.47 bits per heavy atom. The maximum Gasteiger partial charge on any atom is 0.225 e. The molecule has 1 aromatic carbocycles. The molecule has 0 spiro atoms. The second-order valence-corrected chi connectivity index (χ2v) is 5.59. The number of amides is 1. The maximum atomic E-state index is 11.8. The van der Waals surface area contributed by atoms with Crippen LogP contribution in [0.2, 0.25) is 0 Å². The quantitative estimate of drug-likeness (QED) is 0.838. The number of carbonyl (C=O) groups excluding carboxylic acids is 1. The van der Waals surface area contributed by atoms with E-state index in [-0.39, 0.29) is 11.8 Å². The SMILES string of the molecule is Cc1ccc(N2CCCC3C(=O)NCC32)c(CN)c1. The van der Waals surface area contributed by atoms with Gasteiger partial charge in [0, 0.05) is 25.3 Å². The molecule has 1 amide bonds. The fourth-order valence-electron chi connectivity index (χ4n) is 3.41. The highest BCUT2D eigenvalue weighted by molar-refractivity contribution is 5.83. The first-order valence-corrected chi connectivity index (χ1v) is 7.04. The fourth-order valence-corrected chi connectivity index (χ4v) is 3.41. The maximum absolute atomic E-state index is 11.8. The van der Waals surface area contributed by atoms with E-state index < -0.39 is 0 Å². The van der Waals surface area contributed by atoms with Crippen LogP contribution in [0.4, 0.5) is 5.69 Å². The van der Waals surface area contributed by atoms with Gasteiger partial charge in [0.15, 0.2) is 0 Å². The van der Waals surface area contributed by atoms with E-state index in [0.717, 1.165) is 25.9 Å². The summed E-state index contributed by atoms with van der Waals surface area (Å²) in [4.78, 5) is 14.2. The molecule has 19 heavy (non-hydrogen) atoms. The Morgan fingerprint density at radius 2 is 2.32 bits per heavy atom. The van der Waals surface area contributed by atoms with Crippen molar-refractivity contribution in [1.29, 1.82) is 0 Å². The molecule has 4 nitrogen and oxygen atoms in total. The normalized spacial score (nSPS) is 26.2. The van der Waals surface area contributed by atoms with Gasteiger partial charge in [0.1, 0.15) is 0 Å². The van der Waals surface area contributed by atoms with Crippen LogP contribution in [0.3, 0.4) is 0 Å². The summed E-state index contributed by atoms with van der Waals surface area (Å²) in [6, 6.07) is 6.74. The molecular formula is C15H21N3O. The lowest BCUT2D eigenvalue weighted by Gasteiger charge is -2.38. The van der Waals surface area contributed by atoms with Crippen LogP contribution >= 0.6 is 0 Å². The molecule has 2 fully saturated rings. The van der Waals surface area contributed by atoms with E-state index in [2.05, 4.69) is 35.3 Å². The highest BCUT2D eigenvalue weighted by Gasteiger charge is 2.41. The monoisotopic (exact) mass is 259 g/mol. The molecule has 1 aromatic rings. The Morgan fingerprint density at radius 3 is 3.11 bits per heavy atom. The number of aryl methyl sites for hydroxylation is 1. The van der Waals surface area contributed by atoms with Gasteiger partial charge in [-0.2, -0.15) is 0 Å². The zero-order valence-electron chi connectivity index (χ0n) is 11.4. The highest BCUT2D eigenvalue weighted by atomic mass is 16.2. The summed E-state index contributed by atoms with van der Waals surface area (Å²) in [5, 5.41) is 3.00. The van der Waals surface area contributed by atoms with Crippen LogP contribution in [0.1, 0.15) is 24.0 Å². The lowest BCUT2D eigenvalue weighted by atomic mass is 9.90. The summed E-state index contributed by atoms with van der Waals surface area (Å²) in [5.74, 6) is 0.372. The number of nitrogens with zero attached hydrogens (tertiary/aromatic N) is 1. The van der Waals surface area contributed by atoms with E-state index >= 15 is 0 Å².